The molecule has 30 heavy (non-hydrogen) atoms. The summed E-state index contributed by atoms with van der Waals surface area (Å²) < 4.78 is 11.2. The van der Waals surface area contributed by atoms with E-state index in [2.05, 4.69) is 15.5 Å². The molecule has 1 amide bonds. The zero-order chi connectivity index (χ0) is 21.7. The number of benzene rings is 1. The van der Waals surface area contributed by atoms with E-state index in [4.69, 9.17) is 9.15 Å². The van der Waals surface area contributed by atoms with Gasteiger partial charge in [-0.25, -0.2) is 4.79 Å². The number of anilines is 1. The SMILES string of the molecule is CCC(=O)Nc1nnc(SCc2cc(=O)c(OC(=O)c3ccc(C)c(C)c3)co2)s1. The third-order valence-corrected chi connectivity index (χ3v) is 6.10. The van der Waals surface area contributed by atoms with E-state index in [9.17, 15) is 14.4 Å². The summed E-state index contributed by atoms with van der Waals surface area (Å²) in [6.45, 7) is 5.59. The predicted octanol–water partition coefficient (Wildman–Crippen LogP) is 3.97. The van der Waals surface area contributed by atoms with Crippen molar-refractivity contribution in [3.8, 4) is 5.75 Å². The van der Waals surface area contributed by atoms with Gasteiger partial charge >= 0.3 is 5.97 Å². The van der Waals surface area contributed by atoms with Crippen LogP contribution in [0.3, 0.4) is 0 Å². The lowest BCUT2D eigenvalue weighted by atomic mass is 10.1. The molecule has 156 valence electrons. The summed E-state index contributed by atoms with van der Waals surface area (Å²) in [5.41, 5.74) is 1.92. The van der Waals surface area contributed by atoms with Gasteiger partial charge in [-0.2, -0.15) is 0 Å². The lowest BCUT2D eigenvalue weighted by Gasteiger charge is -2.06. The largest absolute Gasteiger partial charge is 0.464 e. The summed E-state index contributed by atoms with van der Waals surface area (Å²) in [5, 5.41) is 10.9. The summed E-state index contributed by atoms with van der Waals surface area (Å²) in [6.07, 6.45) is 1.48. The van der Waals surface area contributed by atoms with E-state index >= 15 is 0 Å². The van der Waals surface area contributed by atoms with E-state index in [-0.39, 0.29) is 11.7 Å². The Morgan fingerprint density at radius 2 is 2.00 bits per heavy atom. The summed E-state index contributed by atoms with van der Waals surface area (Å²) in [6, 6.07) is 6.46. The van der Waals surface area contributed by atoms with Gasteiger partial charge in [0.25, 0.3) is 0 Å². The number of hydrogen-bond donors (Lipinski definition) is 1. The van der Waals surface area contributed by atoms with Gasteiger partial charge in [-0.1, -0.05) is 36.1 Å². The molecule has 10 heteroatoms. The smallest absolute Gasteiger partial charge is 0.343 e. The number of carbonyl (C=O) groups excluding carboxylic acids is 2. The zero-order valence-corrected chi connectivity index (χ0v) is 18.2. The third-order valence-electron chi connectivity index (χ3n) is 4.11. The van der Waals surface area contributed by atoms with E-state index in [0.29, 0.717) is 33.0 Å². The van der Waals surface area contributed by atoms with Gasteiger partial charge in [-0.15, -0.1) is 10.2 Å². The number of nitrogens with one attached hydrogen (secondary N) is 1. The van der Waals surface area contributed by atoms with Crippen molar-refractivity contribution in [1.82, 2.24) is 10.2 Å². The molecular weight excluding hydrogens is 426 g/mol. The molecule has 3 rings (SSSR count). The quantitative estimate of drug-likeness (QED) is 0.330. The minimum atomic E-state index is -0.622. The van der Waals surface area contributed by atoms with Gasteiger partial charge in [0.2, 0.25) is 22.2 Å². The van der Waals surface area contributed by atoms with Crippen LogP contribution in [0.15, 0.2) is 44.1 Å². The lowest BCUT2D eigenvalue weighted by Crippen LogP contribution is -2.15. The molecule has 3 aromatic rings. The van der Waals surface area contributed by atoms with Crippen LogP contribution in [-0.2, 0) is 10.5 Å². The van der Waals surface area contributed by atoms with Crippen LogP contribution in [0.2, 0.25) is 0 Å². The molecule has 2 aromatic heterocycles. The highest BCUT2D eigenvalue weighted by molar-refractivity contribution is 8.00. The number of rotatable bonds is 7. The molecule has 1 aromatic carbocycles. The van der Waals surface area contributed by atoms with Crippen LogP contribution in [0, 0.1) is 13.8 Å². The molecule has 0 aliphatic carbocycles. The number of aryl methyl sites for hydroxylation is 2. The van der Waals surface area contributed by atoms with Crippen LogP contribution < -0.4 is 15.5 Å². The maximum Gasteiger partial charge on any atom is 0.343 e. The van der Waals surface area contributed by atoms with Crippen molar-refractivity contribution in [3.63, 3.8) is 0 Å². The van der Waals surface area contributed by atoms with Crippen molar-refractivity contribution in [2.75, 3.05) is 5.32 Å². The average molecular weight is 446 g/mol. The van der Waals surface area contributed by atoms with Crippen molar-refractivity contribution in [3.05, 3.63) is 63.2 Å². The standard InChI is InChI=1S/C20H19N3O5S2/c1-4-17(25)21-19-22-23-20(30-19)29-10-14-8-15(24)16(9-27-14)28-18(26)13-6-5-11(2)12(3)7-13/h5-9H,4,10H2,1-3H3,(H,21,22,25). The Labute approximate surface area is 180 Å². The zero-order valence-electron chi connectivity index (χ0n) is 16.6. The molecule has 0 unspecified atom stereocenters. The Balaban J connectivity index is 1.61. The maximum absolute atomic E-state index is 12.3. The predicted molar refractivity (Wildman–Crippen MR) is 114 cm³/mol. The molecule has 0 bridgehead atoms. The Kier molecular flexibility index (Phi) is 7.01. The second-order valence-electron chi connectivity index (χ2n) is 6.33. The Morgan fingerprint density at radius 1 is 1.20 bits per heavy atom. The third kappa shape index (κ3) is 5.55. The highest BCUT2D eigenvalue weighted by Crippen LogP contribution is 2.28. The van der Waals surface area contributed by atoms with Gasteiger partial charge in [-0.3, -0.25) is 9.59 Å². The molecule has 0 atom stereocenters. The summed E-state index contributed by atoms with van der Waals surface area (Å²) in [4.78, 5) is 35.9. The van der Waals surface area contributed by atoms with Gasteiger partial charge in [0, 0.05) is 12.5 Å². The van der Waals surface area contributed by atoms with Crippen molar-refractivity contribution >= 4 is 40.1 Å². The number of hydrogen-bond acceptors (Lipinski definition) is 9. The fourth-order valence-electron chi connectivity index (χ4n) is 2.28. The van der Waals surface area contributed by atoms with Gasteiger partial charge < -0.3 is 14.5 Å². The van der Waals surface area contributed by atoms with Crippen LogP contribution in [-0.4, -0.2) is 22.1 Å². The van der Waals surface area contributed by atoms with E-state index < -0.39 is 11.4 Å². The molecule has 0 fully saturated rings. The Morgan fingerprint density at radius 3 is 2.70 bits per heavy atom. The van der Waals surface area contributed by atoms with Crippen molar-refractivity contribution < 1.29 is 18.7 Å². The highest BCUT2D eigenvalue weighted by atomic mass is 32.2. The molecule has 1 N–H and O–H groups in total. The average Bonchev–Trinajstić information content (AvgIpc) is 3.17. The maximum atomic E-state index is 12.3. The molecule has 2 heterocycles. The molecule has 0 saturated heterocycles. The first-order chi connectivity index (χ1) is 14.4. The number of nitrogens with zero attached hydrogens (tertiary/aromatic N) is 2. The first-order valence-corrected chi connectivity index (χ1v) is 10.8. The number of ether oxygens (including phenoxy) is 1. The van der Waals surface area contributed by atoms with Crippen LogP contribution in [0.25, 0.3) is 0 Å². The number of amides is 1. The Bertz CT molecular complexity index is 1140. The van der Waals surface area contributed by atoms with Crippen LogP contribution in [0.1, 0.15) is 40.6 Å². The van der Waals surface area contributed by atoms with Gasteiger partial charge in [0.15, 0.2) is 4.34 Å². The topological polar surface area (TPSA) is 111 Å². The van der Waals surface area contributed by atoms with E-state index in [1.54, 1.807) is 19.1 Å². The highest BCUT2D eigenvalue weighted by Gasteiger charge is 2.14. The van der Waals surface area contributed by atoms with E-state index in [0.717, 1.165) is 17.4 Å². The molecule has 0 aliphatic rings. The van der Waals surface area contributed by atoms with Crippen molar-refractivity contribution in [2.24, 2.45) is 0 Å². The number of thioether (sulfide) groups is 1. The molecule has 8 nitrogen and oxygen atoms in total. The molecule has 0 spiro atoms. The molecule has 0 saturated carbocycles. The molecular formula is C20H19N3O5S2. The van der Waals surface area contributed by atoms with Gasteiger partial charge in [0.1, 0.15) is 12.0 Å². The number of esters is 1. The van der Waals surface area contributed by atoms with Crippen LogP contribution in [0.4, 0.5) is 5.13 Å². The second kappa shape index (κ2) is 9.68. The monoisotopic (exact) mass is 445 g/mol. The summed E-state index contributed by atoms with van der Waals surface area (Å²) >= 11 is 2.54. The van der Waals surface area contributed by atoms with Crippen LogP contribution >= 0.6 is 23.1 Å². The summed E-state index contributed by atoms with van der Waals surface area (Å²) in [5.74, 6) is -0.211. The minimum Gasteiger partial charge on any atom is -0.464 e. The van der Waals surface area contributed by atoms with Crippen LogP contribution in [0.5, 0.6) is 5.75 Å². The first-order valence-electron chi connectivity index (χ1n) is 9.03. The van der Waals surface area contributed by atoms with E-state index in [1.807, 2.05) is 19.9 Å². The molecule has 0 aliphatic heterocycles. The summed E-state index contributed by atoms with van der Waals surface area (Å²) in [7, 11) is 0. The lowest BCUT2D eigenvalue weighted by molar-refractivity contribution is -0.115. The van der Waals surface area contributed by atoms with Gasteiger partial charge in [0.05, 0.1) is 11.3 Å². The van der Waals surface area contributed by atoms with Crippen molar-refractivity contribution in [1.29, 1.82) is 0 Å². The fourth-order valence-corrected chi connectivity index (χ4v) is 3.93. The second-order valence-corrected chi connectivity index (χ2v) is 8.53. The first kappa shape index (κ1) is 21.7. The fraction of sp³-hybridized carbons (Fsp3) is 0.250. The number of carbonyl (C=O) groups is 2. The minimum absolute atomic E-state index is 0.139. The molecule has 0 radical (unpaired) electrons. The van der Waals surface area contributed by atoms with Crippen molar-refractivity contribution in [2.45, 2.75) is 37.3 Å². The van der Waals surface area contributed by atoms with E-state index in [1.165, 1.54) is 29.2 Å². The normalized spacial score (nSPS) is 10.6. The van der Waals surface area contributed by atoms with Gasteiger partial charge in [-0.05, 0) is 37.1 Å². The Hall–Kier alpha value is -2.98. The number of aromatic nitrogens is 2.